The maximum atomic E-state index is 5.75. The van der Waals surface area contributed by atoms with Crippen LogP contribution in [0.25, 0.3) is 10.8 Å². The number of benzene rings is 2. The summed E-state index contributed by atoms with van der Waals surface area (Å²) >= 11 is 5.66. The van der Waals surface area contributed by atoms with Crippen LogP contribution in [0.3, 0.4) is 0 Å². The summed E-state index contributed by atoms with van der Waals surface area (Å²) in [6.07, 6.45) is 0.863. The lowest BCUT2D eigenvalue weighted by Gasteiger charge is -2.12. The zero-order valence-corrected chi connectivity index (χ0v) is 12.2. The molecule has 0 aliphatic rings. The van der Waals surface area contributed by atoms with Gasteiger partial charge in [-0.1, -0.05) is 12.1 Å². The van der Waals surface area contributed by atoms with E-state index >= 15 is 0 Å². The van der Waals surface area contributed by atoms with Gasteiger partial charge in [0.05, 0.1) is 13.2 Å². The predicted octanol–water partition coefficient (Wildman–Crippen LogP) is 4.55. The Morgan fingerprint density at radius 3 is 2.68 bits per heavy atom. The van der Waals surface area contributed by atoms with Crippen LogP contribution >= 0.6 is 11.6 Å². The highest BCUT2D eigenvalue weighted by molar-refractivity contribution is 6.17. The number of alkyl halides is 1. The molecule has 2 rings (SSSR count). The Morgan fingerprint density at radius 2 is 1.95 bits per heavy atom. The normalized spacial score (nSPS) is 10.7. The van der Waals surface area contributed by atoms with Crippen molar-refractivity contribution < 1.29 is 9.47 Å². The van der Waals surface area contributed by atoms with Crippen LogP contribution in [-0.4, -0.2) is 19.1 Å². The minimum Gasteiger partial charge on any atom is -0.494 e. The Bertz CT molecular complexity index is 552. The van der Waals surface area contributed by atoms with Crippen LogP contribution in [0.2, 0.25) is 0 Å². The molecule has 0 N–H and O–H groups in total. The molecule has 0 saturated heterocycles. The van der Waals surface area contributed by atoms with E-state index in [9.17, 15) is 0 Å². The topological polar surface area (TPSA) is 18.5 Å². The third kappa shape index (κ3) is 3.32. The van der Waals surface area contributed by atoms with Gasteiger partial charge in [0, 0.05) is 5.88 Å². The molecule has 0 bridgehead atoms. The minimum atomic E-state index is 0.629. The Labute approximate surface area is 119 Å². The number of aryl methyl sites for hydroxylation is 1. The molecule has 3 heteroatoms. The van der Waals surface area contributed by atoms with E-state index in [1.54, 1.807) is 0 Å². The molecule has 19 heavy (non-hydrogen) atoms. The summed E-state index contributed by atoms with van der Waals surface area (Å²) < 4.78 is 11.3. The van der Waals surface area contributed by atoms with Gasteiger partial charge in [0.1, 0.15) is 11.5 Å². The fourth-order valence-electron chi connectivity index (χ4n) is 2.09. The number of ether oxygens (including phenoxy) is 2. The predicted molar refractivity (Wildman–Crippen MR) is 80.7 cm³/mol. The van der Waals surface area contributed by atoms with Crippen LogP contribution in [-0.2, 0) is 0 Å². The summed E-state index contributed by atoms with van der Waals surface area (Å²) in [5.41, 5.74) is 1.16. The highest BCUT2D eigenvalue weighted by Gasteiger charge is 2.05. The molecule has 0 spiro atoms. The van der Waals surface area contributed by atoms with E-state index in [4.69, 9.17) is 21.1 Å². The van der Waals surface area contributed by atoms with Crippen molar-refractivity contribution >= 4 is 22.4 Å². The number of halogens is 1. The van der Waals surface area contributed by atoms with Crippen LogP contribution in [0, 0.1) is 6.92 Å². The molecule has 0 heterocycles. The maximum absolute atomic E-state index is 5.75. The van der Waals surface area contributed by atoms with Crippen molar-refractivity contribution in [3.05, 3.63) is 35.9 Å². The summed E-state index contributed by atoms with van der Waals surface area (Å²) in [7, 11) is 0. The molecule has 2 aromatic carbocycles. The smallest absolute Gasteiger partial charge is 0.122 e. The van der Waals surface area contributed by atoms with E-state index in [0.29, 0.717) is 19.1 Å². The zero-order valence-electron chi connectivity index (χ0n) is 11.4. The molecule has 0 aromatic heterocycles. The van der Waals surface area contributed by atoms with Crippen molar-refractivity contribution in [1.29, 1.82) is 0 Å². The Kier molecular flexibility index (Phi) is 4.92. The minimum absolute atomic E-state index is 0.629. The fraction of sp³-hybridized carbons (Fsp3) is 0.375. The zero-order chi connectivity index (χ0) is 13.7. The first-order chi connectivity index (χ1) is 9.26. The number of hydrogen-bond donors (Lipinski definition) is 0. The van der Waals surface area contributed by atoms with Gasteiger partial charge in [0.2, 0.25) is 0 Å². The Morgan fingerprint density at radius 1 is 1.11 bits per heavy atom. The van der Waals surface area contributed by atoms with Crippen molar-refractivity contribution in [2.24, 2.45) is 0 Å². The standard InChI is InChI=1S/C16H19ClO2/c1-3-18-14-6-7-15-12(2)16(19-10-4-9-17)8-5-13(15)11-14/h5-8,11H,3-4,9-10H2,1-2H3. The average molecular weight is 279 g/mol. The quantitative estimate of drug-likeness (QED) is 0.570. The second-order valence-corrected chi connectivity index (χ2v) is 4.77. The monoisotopic (exact) mass is 278 g/mol. The lowest BCUT2D eigenvalue weighted by molar-refractivity contribution is 0.316. The van der Waals surface area contributed by atoms with E-state index in [-0.39, 0.29) is 0 Å². The molecule has 0 saturated carbocycles. The van der Waals surface area contributed by atoms with Crippen LogP contribution in [0.15, 0.2) is 30.3 Å². The first-order valence-corrected chi connectivity index (χ1v) is 7.14. The highest BCUT2D eigenvalue weighted by atomic mass is 35.5. The molecule has 2 aromatic rings. The van der Waals surface area contributed by atoms with E-state index in [1.165, 1.54) is 10.8 Å². The highest BCUT2D eigenvalue weighted by Crippen LogP contribution is 2.29. The third-order valence-electron chi connectivity index (χ3n) is 3.06. The lowest BCUT2D eigenvalue weighted by atomic mass is 10.0. The molecule has 102 valence electrons. The number of fused-ring (bicyclic) bond motifs is 1. The van der Waals surface area contributed by atoms with E-state index < -0.39 is 0 Å². The van der Waals surface area contributed by atoms with Gasteiger partial charge in [-0.15, -0.1) is 11.6 Å². The third-order valence-corrected chi connectivity index (χ3v) is 3.32. The summed E-state index contributed by atoms with van der Waals surface area (Å²) in [6.45, 7) is 5.42. The largest absolute Gasteiger partial charge is 0.494 e. The van der Waals surface area contributed by atoms with Gasteiger partial charge < -0.3 is 9.47 Å². The lowest BCUT2D eigenvalue weighted by Crippen LogP contribution is -1.99. The summed E-state index contributed by atoms with van der Waals surface area (Å²) in [4.78, 5) is 0. The van der Waals surface area contributed by atoms with Gasteiger partial charge in [0.25, 0.3) is 0 Å². The van der Waals surface area contributed by atoms with Crippen molar-refractivity contribution in [2.75, 3.05) is 19.1 Å². The van der Waals surface area contributed by atoms with Gasteiger partial charge in [-0.25, -0.2) is 0 Å². The van der Waals surface area contributed by atoms with Crippen molar-refractivity contribution in [3.63, 3.8) is 0 Å². The molecular weight excluding hydrogens is 260 g/mol. The van der Waals surface area contributed by atoms with Gasteiger partial charge >= 0.3 is 0 Å². The summed E-state index contributed by atoms with van der Waals surface area (Å²) in [5.74, 6) is 2.47. The molecule has 0 unspecified atom stereocenters. The maximum Gasteiger partial charge on any atom is 0.122 e. The molecule has 0 aliphatic heterocycles. The second-order valence-electron chi connectivity index (χ2n) is 4.40. The molecule has 2 nitrogen and oxygen atoms in total. The van der Waals surface area contributed by atoms with E-state index in [0.717, 1.165) is 23.5 Å². The van der Waals surface area contributed by atoms with Crippen LogP contribution in [0.5, 0.6) is 11.5 Å². The molecule has 0 aliphatic carbocycles. The van der Waals surface area contributed by atoms with Gasteiger partial charge in [-0.3, -0.25) is 0 Å². The van der Waals surface area contributed by atoms with Gasteiger partial charge in [-0.05, 0) is 54.8 Å². The summed E-state index contributed by atoms with van der Waals surface area (Å²) in [5, 5.41) is 2.37. The van der Waals surface area contributed by atoms with Crippen LogP contribution in [0.1, 0.15) is 18.9 Å². The average Bonchev–Trinajstić information content (AvgIpc) is 2.42. The van der Waals surface area contributed by atoms with E-state index in [1.807, 2.05) is 19.1 Å². The first-order valence-electron chi connectivity index (χ1n) is 6.61. The van der Waals surface area contributed by atoms with Crippen LogP contribution < -0.4 is 9.47 Å². The fourth-order valence-corrected chi connectivity index (χ4v) is 2.20. The van der Waals surface area contributed by atoms with Gasteiger partial charge in [0.15, 0.2) is 0 Å². The van der Waals surface area contributed by atoms with Gasteiger partial charge in [-0.2, -0.15) is 0 Å². The Hall–Kier alpha value is -1.41. The SMILES string of the molecule is CCOc1ccc2c(C)c(OCCCCl)ccc2c1. The molecular formula is C16H19ClO2. The first kappa shape index (κ1) is 14.0. The van der Waals surface area contributed by atoms with Crippen molar-refractivity contribution in [2.45, 2.75) is 20.3 Å². The Balaban J connectivity index is 2.28. The molecule has 0 amide bonds. The molecule has 0 fully saturated rings. The number of rotatable bonds is 6. The molecule has 0 atom stereocenters. The van der Waals surface area contributed by atoms with E-state index in [2.05, 4.69) is 25.1 Å². The second kappa shape index (κ2) is 6.67. The van der Waals surface area contributed by atoms with Crippen LogP contribution in [0.4, 0.5) is 0 Å². The van der Waals surface area contributed by atoms with Crippen molar-refractivity contribution in [3.8, 4) is 11.5 Å². The van der Waals surface area contributed by atoms with Crippen molar-refractivity contribution in [1.82, 2.24) is 0 Å². The number of hydrogen-bond acceptors (Lipinski definition) is 2. The molecule has 0 radical (unpaired) electrons. The summed E-state index contributed by atoms with van der Waals surface area (Å²) in [6, 6.07) is 10.2.